The molecular formula is C42H64N2. The molecule has 1 aliphatic heterocycles. The molecular weight excluding hydrogens is 532 g/mol. The van der Waals surface area contributed by atoms with E-state index >= 15 is 0 Å². The van der Waals surface area contributed by atoms with Crippen LogP contribution in [-0.4, -0.2) is 4.70 Å². The van der Waals surface area contributed by atoms with Gasteiger partial charge < -0.3 is 5.53 Å². The van der Waals surface area contributed by atoms with Crippen LogP contribution in [0.3, 0.4) is 0 Å². The van der Waals surface area contributed by atoms with E-state index in [-0.39, 0.29) is 0 Å². The molecule has 1 heterocycles. The molecule has 0 spiro atoms. The van der Waals surface area contributed by atoms with Gasteiger partial charge in [-0.05, 0) is 124 Å². The molecule has 2 heteroatoms. The number of hydrogen-bond acceptors (Lipinski definition) is 0. The molecule has 0 unspecified atom stereocenters. The maximum Gasteiger partial charge on any atom is 0.211 e. The van der Waals surface area contributed by atoms with E-state index in [2.05, 4.69) is 77.9 Å². The van der Waals surface area contributed by atoms with Crippen LogP contribution in [0.2, 0.25) is 0 Å². The lowest BCUT2D eigenvalue weighted by Crippen LogP contribution is -2.05. The van der Waals surface area contributed by atoms with E-state index in [4.69, 9.17) is 0 Å². The van der Waals surface area contributed by atoms with Gasteiger partial charge in [-0.15, -0.1) is 0 Å². The number of rotatable bonds is 22. The first-order valence-corrected chi connectivity index (χ1v) is 18.7. The minimum absolute atomic E-state index is 1.02. The Labute approximate surface area is 271 Å². The van der Waals surface area contributed by atoms with Crippen LogP contribution in [0.25, 0.3) is 16.9 Å². The van der Waals surface area contributed by atoms with E-state index in [0.717, 1.165) is 75.6 Å². The Morgan fingerprint density at radius 2 is 0.682 bits per heavy atom. The van der Waals surface area contributed by atoms with Crippen LogP contribution in [-0.2, 0) is 25.7 Å². The van der Waals surface area contributed by atoms with E-state index in [0.29, 0.717) is 0 Å². The third-order valence-corrected chi connectivity index (χ3v) is 9.35. The summed E-state index contributed by atoms with van der Waals surface area (Å²) in [5, 5.41) is 0. The molecule has 2 aromatic rings. The predicted molar refractivity (Wildman–Crippen MR) is 193 cm³/mol. The van der Waals surface area contributed by atoms with E-state index in [9.17, 15) is 5.53 Å². The summed E-state index contributed by atoms with van der Waals surface area (Å²) in [7, 11) is 0. The van der Waals surface area contributed by atoms with Crippen LogP contribution in [0.4, 0.5) is 0 Å². The van der Waals surface area contributed by atoms with Crippen molar-refractivity contribution in [1.29, 1.82) is 0 Å². The quantitative estimate of drug-likeness (QED) is 0.0954. The fraction of sp³-hybridized carbons (Fsp3) is 0.619. The summed E-state index contributed by atoms with van der Waals surface area (Å²) >= 11 is 0. The second-order valence-electron chi connectivity index (χ2n) is 13.4. The van der Waals surface area contributed by atoms with Gasteiger partial charge >= 0.3 is 0 Å². The zero-order valence-corrected chi connectivity index (χ0v) is 29.5. The zero-order valence-electron chi connectivity index (χ0n) is 29.5. The van der Waals surface area contributed by atoms with Gasteiger partial charge in [-0.1, -0.05) is 105 Å². The van der Waals surface area contributed by atoms with Crippen LogP contribution < -0.4 is 0 Å². The summed E-state index contributed by atoms with van der Waals surface area (Å²) in [4.78, 5) is 0. The Morgan fingerprint density at radius 3 is 1.00 bits per heavy atom. The largest absolute Gasteiger partial charge is 0.493 e. The number of aryl methyl sites for hydroxylation is 4. The molecule has 0 amide bonds. The molecule has 0 radical (unpaired) electrons. The molecule has 0 bridgehead atoms. The van der Waals surface area contributed by atoms with Crippen molar-refractivity contribution in [3.8, 4) is 0 Å². The molecule has 0 fully saturated rings. The van der Waals surface area contributed by atoms with Gasteiger partial charge in [0.05, 0.1) is 0 Å². The number of benzene rings is 2. The minimum Gasteiger partial charge on any atom is -0.493 e. The fourth-order valence-corrected chi connectivity index (χ4v) is 6.79. The zero-order chi connectivity index (χ0) is 31.7. The Kier molecular flexibility index (Phi) is 16.2. The highest BCUT2D eigenvalue weighted by Crippen LogP contribution is 2.45. The first-order valence-electron chi connectivity index (χ1n) is 18.7. The molecule has 0 N–H and O–H groups in total. The average Bonchev–Trinajstić information content (AvgIpc) is 3.31. The number of allylic oxidation sites excluding steroid dienone is 2. The fourth-order valence-electron chi connectivity index (χ4n) is 6.79. The number of hydrogen-bond donors (Lipinski definition) is 0. The molecule has 0 atom stereocenters. The van der Waals surface area contributed by atoms with Crippen LogP contribution >= 0.6 is 0 Å². The maximum atomic E-state index is 12.4. The molecule has 0 saturated heterocycles. The van der Waals surface area contributed by atoms with Crippen molar-refractivity contribution >= 4 is 11.4 Å². The third kappa shape index (κ3) is 10.3. The van der Waals surface area contributed by atoms with E-state index in [1.165, 1.54) is 109 Å². The molecule has 2 aromatic carbocycles. The van der Waals surface area contributed by atoms with Gasteiger partial charge in [-0.3, -0.25) is 0 Å². The van der Waals surface area contributed by atoms with Crippen molar-refractivity contribution in [2.75, 3.05) is 0 Å². The van der Waals surface area contributed by atoms with Crippen LogP contribution in [0, 0.1) is 0 Å². The van der Waals surface area contributed by atoms with Gasteiger partial charge in [0, 0.05) is 22.3 Å². The first kappa shape index (κ1) is 36.0. The SMILES string of the molecule is CCCCCc1cc(CCCCC)cc(C2=C(CCCC)C(CCCC)=C(c3cc(CCCC)cc(CCCC)c3)[N+]2=[N-])c1. The lowest BCUT2D eigenvalue weighted by atomic mass is 9.90. The summed E-state index contributed by atoms with van der Waals surface area (Å²) in [5.74, 6) is 0. The Bertz CT molecular complexity index is 1190. The van der Waals surface area contributed by atoms with Crippen molar-refractivity contribution in [2.45, 2.75) is 170 Å². The molecule has 242 valence electrons. The van der Waals surface area contributed by atoms with Gasteiger partial charge in [0.25, 0.3) is 0 Å². The van der Waals surface area contributed by atoms with Gasteiger partial charge in [0.15, 0.2) is 0 Å². The van der Waals surface area contributed by atoms with Crippen LogP contribution in [0.1, 0.15) is 178 Å². The van der Waals surface area contributed by atoms with Crippen LogP contribution in [0.5, 0.6) is 0 Å². The smallest absolute Gasteiger partial charge is 0.211 e. The second kappa shape index (κ2) is 19.8. The molecule has 0 saturated carbocycles. The minimum atomic E-state index is 1.02. The van der Waals surface area contributed by atoms with E-state index in [1.54, 1.807) is 4.70 Å². The molecule has 3 rings (SSSR count). The van der Waals surface area contributed by atoms with Gasteiger partial charge in [-0.2, -0.15) is 0 Å². The van der Waals surface area contributed by atoms with Gasteiger partial charge in [-0.25, -0.2) is 4.70 Å². The second-order valence-corrected chi connectivity index (χ2v) is 13.4. The topological polar surface area (TPSA) is 25.3 Å². The summed E-state index contributed by atoms with van der Waals surface area (Å²) < 4.78 is 1.64. The van der Waals surface area contributed by atoms with Crippen molar-refractivity contribution in [2.24, 2.45) is 0 Å². The predicted octanol–water partition coefficient (Wildman–Crippen LogP) is 13.4. The van der Waals surface area contributed by atoms with Crippen LogP contribution in [0.15, 0.2) is 47.5 Å². The summed E-state index contributed by atoms with van der Waals surface area (Å²) in [6.45, 7) is 13.7. The van der Waals surface area contributed by atoms with Crippen molar-refractivity contribution < 1.29 is 4.70 Å². The van der Waals surface area contributed by atoms with Crippen molar-refractivity contribution in [1.82, 2.24) is 0 Å². The van der Waals surface area contributed by atoms with Crippen molar-refractivity contribution in [3.63, 3.8) is 0 Å². The first-order chi connectivity index (χ1) is 21.5. The van der Waals surface area contributed by atoms with Gasteiger partial charge in [0.2, 0.25) is 11.4 Å². The van der Waals surface area contributed by atoms with Gasteiger partial charge in [0.1, 0.15) is 0 Å². The highest BCUT2D eigenvalue weighted by atomic mass is 15.2. The molecule has 0 aromatic heterocycles. The average molecular weight is 597 g/mol. The monoisotopic (exact) mass is 597 g/mol. The standard InChI is InChI=1S/C42H64N2/c1-7-13-19-23-35-28-36(24-20-14-8-2)32-38(31-35)42-40(26-18-12-6)39(25-17-11-5)41(44(42)43)37-29-33(21-15-9-3)27-34(30-37)22-16-10-4/h27-32H,7-26H2,1-6H3. The summed E-state index contributed by atoms with van der Waals surface area (Å²) in [6, 6.07) is 14.5. The number of unbranched alkanes of at least 4 members (excludes halogenated alkanes) is 8. The summed E-state index contributed by atoms with van der Waals surface area (Å²) in [5.41, 5.74) is 25.4. The lowest BCUT2D eigenvalue weighted by Gasteiger charge is -2.15. The lowest BCUT2D eigenvalue weighted by molar-refractivity contribution is -0.345. The van der Waals surface area contributed by atoms with E-state index < -0.39 is 0 Å². The Balaban J connectivity index is 2.19. The van der Waals surface area contributed by atoms with Crippen molar-refractivity contribution in [3.05, 3.63) is 86.5 Å². The third-order valence-electron chi connectivity index (χ3n) is 9.35. The maximum absolute atomic E-state index is 12.4. The summed E-state index contributed by atoms with van der Waals surface area (Å²) in [6.07, 6.45) is 23.4. The molecule has 0 aliphatic carbocycles. The molecule has 44 heavy (non-hydrogen) atoms. The number of nitrogens with zero attached hydrogens (tertiary/aromatic N) is 2. The Hall–Kier alpha value is -2.48. The molecule has 1 aliphatic rings. The highest BCUT2D eigenvalue weighted by molar-refractivity contribution is 5.82. The molecule has 2 nitrogen and oxygen atoms in total. The van der Waals surface area contributed by atoms with E-state index in [1.807, 2.05) is 0 Å². The normalized spacial score (nSPS) is 13.5. The highest BCUT2D eigenvalue weighted by Gasteiger charge is 2.35. The Morgan fingerprint density at radius 1 is 0.386 bits per heavy atom.